The zero-order valence-corrected chi connectivity index (χ0v) is 13.8. The smallest absolute Gasteiger partial charge is 0.308 e. The van der Waals surface area contributed by atoms with Crippen LogP contribution >= 0.6 is 0 Å². The fourth-order valence-electron chi connectivity index (χ4n) is 3.20. The first-order valence-electron chi connectivity index (χ1n) is 7.89. The lowest BCUT2D eigenvalue weighted by Gasteiger charge is -2.17. The highest BCUT2D eigenvalue weighted by atomic mass is 16.5. The number of hydrogen-bond acceptors (Lipinski definition) is 5. The lowest BCUT2D eigenvalue weighted by molar-refractivity contribution is -0.131. The first kappa shape index (κ1) is 15.3. The van der Waals surface area contributed by atoms with Gasteiger partial charge in [0.25, 0.3) is 0 Å². The number of carbonyl (C=O) groups excluding carboxylic acids is 2. The van der Waals surface area contributed by atoms with Gasteiger partial charge in [0.2, 0.25) is 5.91 Å². The number of ether oxygens (including phenoxy) is 1. The third kappa shape index (κ3) is 2.52. The van der Waals surface area contributed by atoms with Crippen LogP contribution in [0, 0.1) is 0 Å². The molecule has 4 rings (SSSR count). The second kappa shape index (κ2) is 5.66. The standard InChI is InChI=1S/C19H15N3O3/c1-11(23)22-18-8-5-13(25-12(2)24)10-15(18)14-6-7-16-17(21-19(14)22)4-3-9-20-16/h3-10,14H,1-2H3. The molecule has 25 heavy (non-hydrogen) atoms. The molecule has 0 fully saturated rings. The van der Waals surface area contributed by atoms with Crippen LogP contribution in [-0.4, -0.2) is 22.7 Å². The van der Waals surface area contributed by atoms with Crippen molar-refractivity contribution in [2.45, 2.75) is 19.8 Å². The van der Waals surface area contributed by atoms with Gasteiger partial charge < -0.3 is 4.74 Å². The predicted molar refractivity (Wildman–Crippen MR) is 94.0 cm³/mol. The largest absolute Gasteiger partial charge is 0.427 e. The Kier molecular flexibility index (Phi) is 3.46. The average molecular weight is 333 g/mol. The molecular weight excluding hydrogens is 318 g/mol. The van der Waals surface area contributed by atoms with Gasteiger partial charge in [0.05, 0.1) is 23.0 Å². The van der Waals surface area contributed by atoms with Crippen LogP contribution in [0.1, 0.15) is 31.0 Å². The Morgan fingerprint density at radius 1 is 1.20 bits per heavy atom. The molecule has 2 aliphatic heterocycles. The number of pyridine rings is 1. The molecule has 0 radical (unpaired) electrons. The zero-order chi connectivity index (χ0) is 17.6. The average Bonchev–Trinajstić information content (AvgIpc) is 2.74. The number of aliphatic imine (C=N–C) groups is 1. The van der Waals surface area contributed by atoms with Gasteiger partial charge in [-0.3, -0.25) is 19.5 Å². The Labute approximate surface area is 144 Å². The maximum absolute atomic E-state index is 12.3. The third-order valence-electron chi connectivity index (χ3n) is 4.16. The molecule has 0 spiro atoms. The topological polar surface area (TPSA) is 71.9 Å². The number of benzene rings is 1. The van der Waals surface area contributed by atoms with E-state index in [1.807, 2.05) is 24.3 Å². The highest BCUT2D eigenvalue weighted by Crippen LogP contribution is 2.43. The maximum Gasteiger partial charge on any atom is 0.308 e. The second-order valence-electron chi connectivity index (χ2n) is 5.88. The van der Waals surface area contributed by atoms with E-state index in [-0.39, 0.29) is 17.8 Å². The first-order chi connectivity index (χ1) is 12.0. The van der Waals surface area contributed by atoms with E-state index in [0.717, 1.165) is 22.6 Å². The molecule has 2 aromatic rings. The van der Waals surface area contributed by atoms with Crippen molar-refractivity contribution in [3.63, 3.8) is 0 Å². The van der Waals surface area contributed by atoms with Crippen LogP contribution in [0.15, 0.2) is 47.6 Å². The number of carbonyl (C=O) groups is 2. The van der Waals surface area contributed by atoms with Crippen molar-refractivity contribution in [1.82, 2.24) is 4.98 Å². The molecular formula is C19H15N3O3. The molecule has 0 saturated heterocycles. The number of anilines is 1. The van der Waals surface area contributed by atoms with E-state index < -0.39 is 0 Å². The van der Waals surface area contributed by atoms with E-state index in [1.165, 1.54) is 13.8 Å². The summed E-state index contributed by atoms with van der Waals surface area (Å²) in [6.45, 7) is 2.86. The summed E-state index contributed by atoms with van der Waals surface area (Å²) in [5.41, 5.74) is 3.10. The normalized spacial score (nSPS) is 17.1. The highest BCUT2D eigenvalue weighted by molar-refractivity contribution is 6.24. The number of nitrogens with zero attached hydrogens (tertiary/aromatic N) is 3. The van der Waals surface area contributed by atoms with Crippen molar-refractivity contribution >= 4 is 35.2 Å². The molecule has 0 bridgehead atoms. The molecule has 1 atom stereocenters. The van der Waals surface area contributed by atoms with Crippen molar-refractivity contribution in [3.05, 3.63) is 53.9 Å². The fraction of sp³-hybridized carbons (Fsp3) is 0.158. The van der Waals surface area contributed by atoms with Gasteiger partial charge in [-0.25, -0.2) is 4.99 Å². The summed E-state index contributed by atoms with van der Waals surface area (Å²) >= 11 is 0. The van der Waals surface area contributed by atoms with Crippen molar-refractivity contribution in [3.8, 4) is 5.75 Å². The summed E-state index contributed by atoms with van der Waals surface area (Å²) in [7, 11) is 0. The number of amides is 1. The molecule has 0 aliphatic carbocycles. The number of fused-ring (bicyclic) bond motifs is 4. The molecule has 1 aromatic heterocycles. The van der Waals surface area contributed by atoms with Gasteiger partial charge in [-0.15, -0.1) is 0 Å². The molecule has 1 aromatic carbocycles. The lowest BCUT2D eigenvalue weighted by Crippen LogP contribution is -2.32. The van der Waals surface area contributed by atoms with E-state index in [4.69, 9.17) is 9.73 Å². The van der Waals surface area contributed by atoms with E-state index in [1.54, 1.807) is 29.3 Å². The summed E-state index contributed by atoms with van der Waals surface area (Å²) in [6.07, 6.45) is 5.58. The van der Waals surface area contributed by atoms with Gasteiger partial charge in [-0.1, -0.05) is 6.08 Å². The molecule has 1 unspecified atom stereocenters. The molecule has 3 heterocycles. The maximum atomic E-state index is 12.3. The number of amidine groups is 1. The van der Waals surface area contributed by atoms with Crippen LogP contribution in [0.4, 0.5) is 11.4 Å². The monoisotopic (exact) mass is 333 g/mol. The zero-order valence-electron chi connectivity index (χ0n) is 13.8. The van der Waals surface area contributed by atoms with Gasteiger partial charge in [-0.2, -0.15) is 0 Å². The van der Waals surface area contributed by atoms with Crippen LogP contribution < -0.4 is 9.64 Å². The van der Waals surface area contributed by atoms with Crippen molar-refractivity contribution < 1.29 is 14.3 Å². The molecule has 2 aliphatic rings. The summed E-state index contributed by atoms with van der Waals surface area (Å²) in [5.74, 6) is 0.366. The SMILES string of the molecule is CC(=O)Oc1ccc2c(c1)C1C=Cc3ncccc3N=C1N2C(C)=O. The van der Waals surface area contributed by atoms with Crippen LogP contribution in [0.2, 0.25) is 0 Å². The van der Waals surface area contributed by atoms with E-state index in [2.05, 4.69) is 4.98 Å². The second-order valence-corrected chi connectivity index (χ2v) is 5.88. The minimum absolute atomic E-state index is 0.122. The van der Waals surface area contributed by atoms with E-state index >= 15 is 0 Å². The van der Waals surface area contributed by atoms with Gasteiger partial charge in [0.15, 0.2) is 0 Å². The summed E-state index contributed by atoms with van der Waals surface area (Å²) in [5, 5.41) is 0. The van der Waals surface area contributed by atoms with E-state index in [9.17, 15) is 9.59 Å². The Bertz CT molecular complexity index is 962. The Hall–Kier alpha value is -3.28. The molecule has 6 nitrogen and oxygen atoms in total. The Morgan fingerprint density at radius 3 is 2.80 bits per heavy atom. The Balaban J connectivity index is 1.89. The minimum Gasteiger partial charge on any atom is -0.427 e. The number of hydrogen-bond donors (Lipinski definition) is 0. The van der Waals surface area contributed by atoms with Gasteiger partial charge >= 0.3 is 5.97 Å². The summed E-state index contributed by atoms with van der Waals surface area (Å²) < 4.78 is 5.19. The molecule has 6 heteroatoms. The van der Waals surface area contributed by atoms with Gasteiger partial charge in [-0.05, 0) is 42.0 Å². The van der Waals surface area contributed by atoms with Crippen LogP contribution in [0.25, 0.3) is 6.08 Å². The number of esters is 1. The predicted octanol–water partition coefficient (Wildman–Crippen LogP) is 3.21. The van der Waals surface area contributed by atoms with Crippen LogP contribution in [0.5, 0.6) is 5.75 Å². The summed E-state index contributed by atoms with van der Waals surface area (Å²) in [4.78, 5) is 34.1. The minimum atomic E-state index is -0.386. The van der Waals surface area contributed by atoms with Crippen molar-refractivity contribution in [2.24, 2.45) is 4.99 Å². The van der Waals surface area contributed by atoms with Gasteiger partial charge in [0.1, 0.15) is 11.6 Å². The number of rotatable bonds is 1. The molecule has 124 valence electrons. The highest BCUT2D eigenvalue weighted by Gasteiger charge is 2.37. The lowest BCUT2D eigenvalue weighted by atomic mass is 9.99. The van der Waals surface area contributed by atoms with Gasteiger partial charge in [0, 0.05) is 20.0 Å². The summed E-state index contributed by atoms with van der Waals surface area (Å²) in [6, 6.07) is 8.93. The number of aromatic nitrogens is 1. The molecule has 0 saturated carbocycles. The van der Waals surface area contributed by atoms with Crippen LogP contribution in [0.3, 0.4) is 0 Å². The quantitative estimate of drug-likeness (QED) is 0.593. The van der Waals surface area contributed by atoms with Crippen molar-refractivity contribution in [1.29, 1.82) is 0 Å². The Morgan fingerprint density at radius 2 is 2.04 bits per heavy atom. The third-order valence-corrected chi connectivity index (χ3v) is 4.16. The molecule has 1 amide bonds. The van der Waals surface area contributed by atoms with E-state index in [0.29, 0.717) is 11.6 Å². The fourth-order valence-corrected chi connectivity index (χ4v) is 3.20. The van der Waals surface area contributed by atoms with Crippen LogP contribution in [-0.2, 0) is 9.59 Å². The molecule has 0 N–H and O–H groups in total. The first-order valence-corrected chi connectivity index (χ1v) is 7.89. The van der Waals surface area contributed by atoms with Crippen molar-refractivity contribution in [2.75, 3.05) is 4.90 Å².